The number of hydrogen-bond donors (Lipinski definition) is 2. The van der Waals surface area contributed by atoms with Crippen LogP contribution >= 0.6 is 0 Å². The second kappa shape index (κ2) is 7.62. The molecule has 1 aliphatic rings. The van der Waals surface area contributed by atoms with Crippen LogP contribution in [-0.4, -0.2) is 20.7 Å². The van der Waals surface area contributed by atoms with Gasteiger partial charge in [0.1, 0.15) is 5.82 Å². The Morgan fingerprint density at radius 3 is 2.92 bits per heavy atom. The van der Waals surface area contributed by atoms with E-state index < -0.39 is 5.91 Å². The molecule has 0 spiro atoms. The summed E-state index contributed by atoms with van der Waals surface area (Å²) in [5, 5.41) is 8.52. The Balaban J connectivity index is 1.73. The molecule has 0 bridgehead atoms. The number of benzene rings is 1. The molecule has 128 valence electrons. The molecular weight excluding hydrogens is 302 g/mol. The van der Waals surface area contributed by atoms with Crippen LogP contribution in [0.3, 0.4) is 0 Å². The zero-order valence-corrected chi connectivity index (χ0v) is 14.2. The van der Waals surface area contributed by atoms with Crippen molar-refractivity contribution in [3.8, 4) is 0 Å². The molecule has 0 unspecified atom stereocenters. The van der Waals surface area contributed by atoms with E-state index in [1.165, 1.54) is 44.6 Å². The van der Waals surface area contributed by atoms with Crippen LogP contribution in [0.4, 0.5) is 0 Å². The fourth-order valence-electron chi connectivity index (χ4n) is 3.61. The monoisotopic (exact) mass is 327 g/mol. The van der Waals surface area contributed by atoms with E-state index in [1.807, 2.05) is 18.2 Å². The highest BCUT2D eigenvalue weighted by atomic mass is 16.5. The third-order valence-corrected chi connectivity index (χ3v) is 5.04. The lowest BCUT2D eigenvalue weighted by Crippen LogP contribution is -2.14. The molecule has 1 heterocycles. The fourth-order valence-corrected chi connectivity index (χ4v) is 3.61. The zero-order chi connectivity index (χ0) is 16.9. The number of fused-ring (bicyclic) bond motifs is 1. The Kier molecular flexibility index (Phi) is 5.30. The third kappa shape index (κ3) is 3.85. The minimum Gasteiger partial charge on any atom is -0.331 e. The SMILES string of the molecule is Cn1c(CCC2CCCCC2)nc2cc(/C=C/C(=O)NO)ccc21. The van der Waals surface area contributed by atoms with Gasteiger partial charge in [-0.25, -0.2) is 10.5 Å². The van der Waals surface area contributed by atoms with Gasteiger partial charge in [-0.2, -0.15) is 0 Å². The Labute approximate surface area is 142 Å². The number of hydroxylamine groups is 1. The number of nitrogens with zero attached hydrogens (tertiary/aromatic N) is 2. The Morgan fingerprint density at radius 1 is 1.38 bits per heavy atom. The lowest BCUT2D eigenvalue weighted by molar-refractivity contribution is -0.124. The van der Waals surface area contributed by atoms with Gasteiger partial charge in [0, 0.05) is 19.5 Å². The highest BCUT2D eigenvalue weighted by Gasteiger charge is 2.15. The van der Waals surface area contributed by atoms with E-state index in [1.54, 1.807) is 11.6 Å². The van der Waals surface area contributed by atoms with Crippen molar-refractivity contribution in [2.45, 2.75) is 44.9 Å². The van der Waals surface area contributed by atoms with Crippen molar-refractivity contribution in [2.75, 3.05) is 0 Å². The molecule has 1 fully saturated rings. The minimum absolute atomic E-state index is 0.538. The number of imidazole rings is 1. The number of aryl methyl sites for hydroxylation is 2. The molecule has 0 atom stereocenters. The maximum atomic E-state index is 11.1. The normalized spacial score (nSPS) is 16.1. The summed E-state index contributed by atoms with van der Waals surface area (Å²) in [7, 11) is 2.07. The van der Waals surface area contributed by atoms with Gasteiger partial charge in [0.05, 0.1) is 11.0 Å². The van der Waals surface area contributed by atoms with Crippen molar-refractivity contribution < 1.29 is 10.0 Å². The van der Waals surface area contributed by atoms with Crippen molar-refractivity contribution in [3.05, 3.63) is 35.7 Å². The number of carbonyl (C=O) groups is 1. The molecule has 5 heteroatoms. The second-order valence-corrected chi connectivity index (χ2v) is 6.69. The van der Waals surface area contributed by atoms with Gasteiger partial charge >= 0.3 is 0 Å². The summed E-state index contributed by atoms with van der Waals surface area (Å²) in [5.74, 6) is 1.45. The first kappa shape index (κ1) is 16.7. The summed E-state index contributed by atoms with van der Waals surface area (Å²) >= 11 is 0. The molecule has 0 radical (unpaired) electrons. The van der Waals surface area contributed by atoms with Crippen LogP contribution in [0, 0.1) is 5.92 Å². The fraction of sp³-hybridized carbons (Fsp3) is 0.474. The molecule has 1 saturated carbocycles. The van der Waals surface area contributed by atoms with Crippen LogP contribution in [0.25, 0.3) is 17.1 Å². The van der Waals surface area contributed by atoms with Gasteiger partial charge in [0.15, 0.2) is 0 Å². The molecule has 0 saturated heterocycles. The van der Waals surface area contributed by atoms with Crippen LogP contribution in [-0.2, 0) is 18.3 Å². The third-order valence-electron chi connectivity index (χ3n) is 5.04. The molecule has 5 nitrogen and oxygen atoms in total. The van der Waals surface area contributed by atoms with Crippen LogP contribution in [0.5, 0.6) is 0 Å². The maximum absolute atomic E-state index is 11.1. The standard InChI is InChI=1S/C19H25N3O2/c1-22-17-10-7-15(9-12-19(23)21-24)13-16(17)20-18(22)11-8-14-5-3-2-4-6-14/h7,9-10,12-14,24H,2-6,8,11H2,1H3,(H,21,23)/b12-9+. The predicted octanol–water partition coefficient (Wildman–Crippen LogP) is 3.60. The minimum atomic E-state index is -0.538. The van der Waals surface area contributed by atoms with Gasteiger partial charge < -0.3 is 4.57 Å². The molecule has 24 heavy (non-hydrogen) atoms. The molecule has 1 aromatic heterocycles. The van der Waals surface area contributed by atoms with Crippen LogP contribution < -0.4 is 5.48 Å². The first-order valence-corrected chi connectivity index (χ1v) is 8.75. The highest BCUT2D eigenvalue weighted by Crippen LogP contribution is 2.28. The first-order valence-electron chi connectivity index (χ1n) is 8.75. The number of amides is 1. The lowest BCUT2D eigenvalue weighted by atomic mass is 9.86. The van der Waals surface area contributed by atoms with Crippen molar-refractivity contribution in [3.63, 3.8) is 0 Å². The van der Waals surface area contributed by atoms with Crippen molar-refractivity contribution in [1.29, 1.82) is 0 Å². The Hall–Kier alpha value is -2.14. The largest absolute Gasteiger partial charge is 0.331 e. The van der Waals surface area contributed by atoms with E-state index in [-0.39, 0.29) is 0 Å². The van der Waals surface area contributed by atoms with E-state index in [2.05, 4.69) is 11.6 Å². The lowest BCUT2D eigenvalue weighted by Gasteiger charge is -2.21. The topological polar surface area (TPSA) is 67.2 Å². The average Bonchev–Trinajstić information content (AvgIpc) is 2.94. The number of hydrogen-bond acceptors (Lipinski definition) is 3. The molecule has 3 rings (SSSR count). The maximum Gasteiger partial charge on any atom is 0.267 e. The molecule has 2 aromatic rings. The highest BCUT2D eigenvalue weighted by molar-refractivity contribution is 5.91. The summed E-state index contributed by atoms with van der Waals surface area (Å²) in [6.45, 7) is 0. The molecular formula is C19H25N3O2. The van der Waals surface area contributed by atoms with Crippen LogP contribution in [0.1, 0.15) is 49.9 Å². The first-order chi connectivity index (χ1) is 11.7. The number of aromatic nitrogens is 2. The van der Waals surface area contributed by atoms with Crippen LogP contribution in [0.15, 0.2) is 24.3 Å². The van der Waals surface area contributed by atoms with Gasteiger partial charge in [0.2, 0.25) is 0 Å². The predicted molar refractivity (Wildman–Crippen MR) is 94.6 cm³/mol. The molecule has 1 aromatic carbocycles. The van der Waals surface area contributed by atoms with E-state index in [4.69, 9.17) is 10.2 Å². The Morgan fingerprint density at radius 2 is 2.17 bits per heavy atom. The quantitative estimate of drug-likeness (QED) is 0.501. The van der Waals surface area contributed by atoms with Gasteiger partial charge in [0.25, 0.3) is 5.91 Å². The summed E-state index contributed by atoms with van der Waals surface area (Å²) in [5.41, 5.74) is 4.54. The second-order valence-electron chi connectivity index (χ2n) is 6.69. The Bertz CT molecular complexity index is 742. The summed E-state index contributed by atoms with van der Waals surface area (Å²) in [4.78, 5) is 15.9. The van der Waals surface area contributed by atoms with Gasteiger partial charge in [-0.3, -0.25) is 10.0 Å². The van der Waals surface area contributed by atoms with Gasteiger partial charge in [-0.05, 0) is 36.1 Å². The smallest absolute Gasteiger partial charge is 0.267 e. The zero-order valence-electron chi connectivity index (χ0n) is 14.2. The van der Waals surface area contributed by atoms with E-state index >= 15 is 0 Å². The van der Waals surface area contributed by atoms with Crippen molar-refractivity contribution in [1.82, 2.24) is 15.0 Å². The summed E-state index contributed by atoms with van der Waals surface area (Å²) in [6, 6.07) is 5.96. The number of rotatable bonds is 5. The van der Waals surface area contributed by atoms with E-state index in [0.29, 0.717) is 0 Å². The van der Waals surface area contributed by atoms with E-state index in [0.717, 1.165) is 34.8 Å². The number of carbonyl (C=O) groups excluding carboxylic acids is 1. The van der Waals surface area contributed by atoms with E-state index in [9.17, 15) is 4.79 Å². The number of nitrogens with one attached hydrogen (secondary N) is 1. The van der Waals surface area contributed by atoms with Crippen molar-refractivity contribution >= 4 is 23.0 Å². The average molecular weight is 327 g/mol. The molecule has 1 amide bonds. The van der Waals surface area contributed by atoms with Crippen LogP contribution in [0.2, 0.25) is 0 Å². The van der Waals surface area contributed by atoms with Gasteiger partial charge in [-0.1, -0.05) is 38.2 Å². The van der Waals surface area contributed by atoms with Crippen molar-refractivity contribution in [2.24, 2.45) is 13.0 Å². The van der Waals surface area contributed by atoms with Gasteiger partial charge in [-0.15, -0.1) is 0 Å². The molecule has 2 N–H and O–H groups in total. The molecule has 1 aliphatic carbocycles. The summed E-state index contributed by atoms with van der Waals surface area (Å²) in [6.07, 6.45) is 12.1. The molecule has 0 aliphatic heterocycles. The summed E-state index contributed by atoms with van der Waals surface area (Å²) < 4.78 is 2.17.